The number of nitrogens with two attached hydrogens (primary N) is 1. The van der Waals surface area contributed by atoms with E-state index in [-0.39, 0.29) is 11.9 Å². The first-order valence-electron chi connectivity index (χ1n) is 6.88. The fraction of sp³-hybridized carbons (Fsp3) is 0.429. The zero-order valence-corrected chi connectivity index (χ0v) is 12.0. The Kier molecular flexibility index (Phi) is 3.32. The van der Waals surface area contributed by atoms with E-state index in [0.717, 1.165) is 18.5 Å². The number of carbonyl (C=O) groups is 1. The van der Waals surface area contributed by atoms with E-state index >= 15 is 0 Å². The number of aryl methyl sites for hydroxylation is 2. The third-order valence-corrected chi connectivity index (χ3v) is 3.68. The molecule has 0 radical (unpaired) electrons. The summed E-state index contributed by atoms with van der Waals surface area (Å²) in [5.41, 5.74) is 6.93. The third-order valence-electron chi connectivity index (χ3n) is 3.68. The number of amides is 1. The van der Waals surface area contributed by atoms with Gasteiger partial charge in [-0.25, -0.2) is 15.0 Å². The molecule has 0 saturated carbocycles. The fourth-order valence-corrected chi connectivity index (χ4v) is 2.75. The molecule has 0 bridgehead atoms. The summed E-state index contributed by atoms with van der Waals surface area (Å²) in [6, 6.07) is 1.65. The second-order valence-corrected chi connectivity index (χ2v) is 5.18. The highest BCUT2D eigenvalue weighted by Gasteiger charge is 2.33. The molecule has 2 aromatic heterocycles. The number of rotatable bonds is 2. The molecular formula is C14H17N5O2. The quantitative estimate of drug-likeness (QED) is 0.901. The van der Waals surface area contributed by atoms with E-state index in [2.05, 4.69) is 15.0 Å². The molecule has 0 spiro atoms. The number of oxazole rings is 1. The van der Waals surface area contributed by atoms with E-state index in [4.69, 9.17) is 10.2 Å². The van der Waals surface area contributed by atoms with Gasteiger partial charge >= 0.3 is 0 Å². The molecule has 0 unspecified atom stereocenters. The fourth-order valence-electron chi connectivity index (χ4n) is 2.75. The van der Waals surface area contributed by atoms with Gasteiger partial charge in [0.1, 0.15) is 17.4 Å². The summed E-state index contributed by atoms with van der Waals surface area (Å²) in [6.45, 7) is 4.21. The lowest BCUT2D eigenvalue weighted by Gasteiger charge is -2.23. The van der Waals surface area contributed by atoms with Crippen LogP contribution in [-0.2, 0) is 0 Å². The first-order chi connectivity index (χ1) is 10.1. The number of anilines is 1. The molecule has 1 atom stereocenters. The molecule has 1 amide bonds. The van der Waals surface area contributed by atoms with Crippen LogP contribution in [0.2, 0.25) is 0 Å². The first-order valence-corrected chi connectivity index (χ1v) is 6.88. The number of carbonyl (C=O) groups excluding carboxylic acids is 1. The second kappa shape index (κ2) is 5.16. The van der Waals surface area contributed by atoms with Gasteiger partial charge < -0.3 is 15.1 Å². The van der Waals surface area contributed by atoms with Crippen LogP contribution in [0.15, 0.2) is 16.9 Å². The van der Waals surface area contributed by atoms with Crippen LogP contribution in [0, 0.1) is 13.8 Å². The van der Waals surface area contributed by atoms with E-state index < -0.39 is 0 Å². The van der Waals surface area contributed by atoms with Gasteiger partial charge in [0.15, 0.2) is 12.1 Å². The molecule has 0 aliphatic carbocycles. The van der Waals surface area contributed by atoms with Crippen molar-refractivity contribution in [2.24, 2.45) is 0 Å². The number of aromatic nitrogens is 3. The largest absolute Gasteiger partial charge is 0.448 e. The first kappa shape index (κ1) is 13.5. The van der Waals surface area contributed by atoms with Crippen molar-refractivity contribution in [1.82, 2.24) is 19.9 Å². The van der Waals surface area contributed by atoms with Crippen LogP contribution < -0.4 is 5.73 Å². The summed E-state index contributed by atoms with van der Waals surface area (Å²) >= 11 is 0. The van der Waals surface area contributed by atoms with Crippen molar-refractivity contribution in [2.45, 2.75) is 32.7 Å². The summed E-state index contributed by atoms with van der Waals surface area (Å²) < 4.78 is 5.12. The van der Waals surface area contributed by atoms with Crippen LogP contribution in [0.1, 0.15) is 46.7 Å². The maximum Gasteiger partial charge on any atom is 0.276 e. The smallest absolute Gasteiger partial charge is 0.276 e. The molecule has 3 rings (SSSR count). The maximum atomic E-state index is 12.6. The Morgan fingerprint density at radius 1 is 1.43 bits per heavy atom. The van der Waals surface area contributed by atoms with Gasteiger partial charge in [0.2, 0.25) is 0 Å². The number of nitrogens with zero attached hydrogens (tertiary/aromatic N) is 4. The van der Waals surface area contributed by atoms with Gasteiger partial charge in [-0.3, -0.25) is 4.79 Å². The molecule has 1 aliphatic rings. The summed E-state index contributed by atoms with van der Waals surface area (Å²) in [6.07, 6.45) is 3.08. The summed E-state index contributed by atoms with van der Waals surface area (Å²) in [7, 11) is 0. The lowest BCUT2D eigenvalue weighted by molar-refractivity contribution is 0.0725. The van der Waals surface area contributed by atoms with Gasteiger partial charge in [0, 0.05) is 12.6 Å². The van der Waals surface area contributed by atoms with Crippen molar-refractivity contribution < 1.29 is 9.21 Å². The van der Waals surface area contributed by atoms with E-state index in [1.807, 2.05) is 0 Å². The Hall–Kier alpha value is -2.44. The predicted octanol–water partition coefficient (Wildman–Crippen LogP) is 1.64. The molecule has 2 aromatic rings. The molecule has 21 heavy (non-hydrogen) atoms. The van der Waals surface area contributed by atoms with Gasteiger partial charge in [-0.2, -0.15) is 0 Å². The average molecular weight is 287 g/mol. The second-order valence-electron chi connectivity index (χ2n) is 5.18. The van der Waals surface area contributed by atoms with Crippen LogP contribution in [0.5, 0.6) is 0 Å². The molecule has 110 valence electrons. The Morgan fingerprint density at radius 2 is 2.24 bits per heavy atom. The monoisotopic (exact) mass is 287 g/mol. The molecule has 1 fully saturated rings. The SMILES string of the molecule is Cc1nc(N)cc([C@@H]2CCCN2C(=O)c2ncoc2C)n1. The average Bonchev–Trinajstić information content (AvgIpc) is 3.05. The topological polar surface area (TPSA) is 98.1 Å². The van der Waals surface area contributed by atoms with Gasteiger partial charge in [0.05, 0.1) is 11.7 Å². The minimum absolute atomic E-state index is 0.0856. The minimum Gasteiger partial charge on any atom is -0.448 e. The Balaban J connectivity index is 1.92. The number of hydrogen-bond donors (Lipinski definition) is 1. The predicted molar refractivity (Wildman–Crippen MR) is 75.4 cm³/mol. The lowest BCUT2D eigenvalue weighted by atomic mass is 10.1. The molecule has 7 nitrogen and oxygen atoms in total. The van der Waals surface area contributed by atoms with Crippen LogP contribution in [-0.4, -0.2) is 32.3 Å². The van der Waals surface area contributed by atoms with Crippen LogP contribution >= 0.6 is 0 Å². The van der Waals surface area contributed by atoms with E-state index in [0.29, 0.717) is 29.6 Å². The van der Waals surface area contributed by atoms with Crippen LogP contribution in [0.3, 0.4) is 0 Å². The van der Waals surface area contributed by atoms with Crippen LogP contribution in [0.4, 0.5) is 5.82 Å². The van der Waals surface area contributed by atoms with E-state index in [1.54, 1.807) is 24.8 Å². The van der Waals surface area contributed by atoms with E-state index in [9.17, 15) is 4.79 Å². The Labute approximate surface area is 122 Å². The zero-order chi connectivity index (χ0) is 15.0. The highest BCUT2D eigenvalue weighted by atomic mass is 16.3. The Bertz CT molecular complexity index is 662. The van der Waals surface area contributed by atoms with Gasteiger partial charge in [-0.1, -0.05) is 0 Å². The van der Waals surface area contributed by atoms with Gasteiger partial charge in [-0.15, -0.1) is 0 Å². The van der Waals surface area contributed by atoms with Crippen molar-refractivity contribution in [1.29, 1.82) is 0 Å². The highest BCUT2D eigenvalue weighted by molar-refractivity contribution is 5.93. The normalized spacial score (nSPS) is 18.2. The van der Waals surface area contributed by atoms with Crippen molar-refractivity contribution >= 4 is 11.7 Å². The summed E-state index contributed by atoms with van der Waals surface area (Å²) in [5.74, 6) is 1.44. The number of nitrogen functional groups attached to an aromatic ring is 1. The third kappa shape index (κ3) is 2.46. The van der Waals surface area contributed by atoms with Crippen molar-refractivity contribution in [2.75, 3.05) is 12.3 Å². The van der Waals surface area contributed by atoms with Gasteiger partial charge in [-0.05, 0) is 26.7 Å². The standard InChI is InChI=1S/C14H17N5O2/c1-8-13(16-7-21-8)14(20)19-5-3-4-11(19)10-6-12(15)18-9(2)17-10/h6-7,11H,3-5H2,1-2H3,(H2,15,17,18)/t11-/m0/s1. The maximum absolute atomic E-state index is 12.6. The van der Waals surface area contributed by atoms with Crippen molar-refractivity contribution in [3.63, 3.8) is 0 Å². The summed E-state index contributed by atoms with van der Waals surface area (Å²) in [4.78, 5) is 26.9. The Morgan fingerprint density at radius 3 is 2.90 bits per heavy atom. The number of likely N-dealkylation sites (tertiary alicyclic amines) is 1. The van der Waals surface area contributed by atoms with Crippen molar-refractivity contribution in [3.8, 4) is 0 Å². The highest BCUT2D eigenvalue weighted by Crippen LogP contribution is 2.32. The molecule has 2 N–H and O–H groups in total. The minimum atomic E-state index is -0.126. The van der Waals surface area contributed by atoms with Crippen LogP contribution in [0.25, 0.3) is 0 Å². The van der Waals surface area contributed by atoms with Gasteiger partial charge in [0.25, 0.3) is 5.91 Å². The van der Waals surface area contributed by atoms with Crippen molar-refractivity contribution in [3.05, 3.63) is 35.4 Å². The number of hydrogen-bond acceptors (Lipinski definition) is 6. The molecule has 1 aliphatic heterocycles. The van der Waals surface area contributed by atoms with E-state index in [1.165, 1.54) is 6.39 Å². The molecule has 7 heteroatoms. The lowest BCUT2D eigenvalue weighted by Crippen LogP contribution is -2.31. The summed E-state index contributed by atoms with van der Waals surface area (Å²) in [5, 5.41) is 0. The molecule has 3 heterocycles. The molecular weight excluding hydrogens is 270 g/mol. The zero-order valence-electron chi connectivity index (χ0n) is 12.0. The molecule has 1 saturated heterocycles. The molecule has 0 aromatic carbocycles.